The Balaban J connectivity index is 1.49. The number of aryl methyl sites for hydroxylation is 1. The van der Waals surface area contributed by atoms with Crippen LogP contribution in [0.15, 0.2) is 22.7 Å². The van der Waals surface area contributed by atoms with Crippen molar-refractivity contribution in [2.24, 2.45) is 5.92 Å². The quantitative estimate of drug-likeness (QED) is 0.896. The number of aromatic nitrogens is 1. The van der Waals surface area contributed by atoms with Gasteiger partial charge in [0.05, 0.1) is 11.6 Å². The molecule has 4 heteroatoms. The van der Waals surface area contributed by atoms with Gasteiger partial charge in [-0.05, 0) is 31.4 Å². The number of furan rings is 1. The van der Waals surface area contributed by atoms with Crippen LogP contribution in [0, 0.1) is 12.8 Å². The maximum atomic E-state index is 5.85. The Morgan fingerprint density at radius 2 is 2.28 bits per heavy atom. The van der Waals surface area contributed by atoms with Crippen molar-refractivity contribution < 1.29 is 4.42 Å². The fourth-order valence-electron chi connectivity index (χ4n) is 2.20. The van der Waals surface area contributed by atoms with E-state index < -0.39 is 0 Å². The summed E-state index contributed by atoms with van der Waals surface area (Å²) in [4.78, 5) is 5.51. The van der Waals surface area contributed by atoms with Crippen LogP contribution in [-0.4, -0.2) is 4.98 Å². The molecule has 18 heavy (non-hydrogen) atoms. The third kappa shape index (κ3) is 2.65. The van der Waals surface area contributed by atoms with Crippen LogP contribution < -0.4 is 5.32 Å². The molecule has 3 nitrogen and oxygen atoms in total. The summed E-state index contributed by atoms with van der Waals surface area (Å²) in [6, 6.07) is 4.22. The first-order chi connectivity index (χ1) is 8.72. The summed E-state index contributed by atoms with van der Waals surface area (Å²) in [5.74, 6) is 3.67. The lowest BCUT2D eigenvalue weighted by atomic mass is 10.3. The molecule has 0 amide bonds. The third-order valence-corrected chi connectivity index (χ3v) is 4.34. The first kappa shape index (κ1) is 11.9. The Kier molecular flexibility index (Phi) is 3.22. The van der Waals surface area contributed by atoms with E-state index in [2.05, 4.69) is 29.4 Å². The zero-order valence-electron chi connectivity index (χ0n) is 10.8. The second-order valence-electron chi connectivity index (χ2n) is 5.07. The van der Waals surface area contributed by atoms with Gasteiger partial charge in [-0.3, -0.25) is 0 Å². The second-order valence-corrected chi connectivity index (χ2v) is 6.39. The summed E-state index contributed by atoms with van der Waals surface area (Å²) in [5, 5.41) is 4.51. The van der Waals surface area contributed by atoms with Gasteiger partial charge in [-0.25, -0.2) is 4.98 Å². The number of rotatable bonds is 5. The van der Waals surface area contributed by atoms with E-state index in [1.54, 1.807) is 11.3 Å². The van der Waals surface area contributed by atoms with Crippen molar-refractivity contribution in [2.75, 3.05) is 0 Å². The van der Waals surface area contributed by atoms with Crippen LogP contribution in [0.2, 0.25) is 0 Å². The van der Waals surface area contributed by atoms with Gasteiger partial charge in [0.2, 0.25) is 0 Å². The monoisotopic (exact) mass is 262 g/mol. The van der Waals surface area contributed by atoms with Crippen LogP contribution in [0.3, 0.4) is 0 Å². The van der Waals surface area contributed by atoms with Crippen LogP contribution >= 0.6 is 11.3 Å². The molecule has 1 aliphatic rings. The average Bonchev–Trinajstić information content (AvgIpc) is 2.79. The van der Waals surface area contributed by atoms with E-state index in [1.165, 1.54) is 11.3 Å². The van der Waals surface area contributed by atoms with Crippen LogP contribution in [0.5, 0.6) is 0 Å². The van der Waals surface area contributed by atoms with Gasteiger partial charge in [-0.15, -0.1) is 11.3 Å². The molecule has 0 radical (unpaired) electrons. The molecule has 2 unspecified atom stereocenters. The van der Waals surface area contributed by atoms with E-state index >= 15 is 0 Å². The molecule has 1 N–H and O–H groups in total. The van der Waals surface area contributed by atoms with Gasteiger partial charge >= 0.3 is 0 Å². The van der Waals surface area contributed by atoms with E-state index in [-0.39, 0.29) is 0 Å². The molecule has 2 aromatic rings. The lowest BCUT2D eigenvalue weighted by Crippen LogP contribution is -2.11. The topological polar surface area (TPSA) is 38.1 Å². The largest absolute Gasteiger partial charge is 0.464 e. The molecule has 0 saturated heterocycles. The summed E-state index contributed by atoms with van der Waals surface area (Å²) < 4.78 is 5.85. The molecule has 3 rings (SSSR count). The summed E-state index contributed by atoms with van der Waals surface area (Å²) in [6.45, 7) is 5.96. The van der Waals surface area contributed by atoms with Crippen molar-refractivity contribution in [3.8, 4) is 0 Å². The number of thiazole rings is 1. The molecule has 0 spiro atoms. The van der Waals surface area contributed by atoms with Crippen molar-refractivity contribution in [1.29, 1.82) is 0 Å². The molecular weight excluding hydrogens is 244 g/mol. The zero-order chi connectivity index (χ0) is 12.5. The zero-order valence-corrected chi connectivity index (χ0v) is 11.6. The maximum absolute atomic E-state index is 5.85. The molecule has 0 aromatic carbocycles. The van der Waals surface area contributed by atoms with E-state index in [4.69, 9.17) is 4.42 Å². The highest BCUT2D eigenvalue weighted by Crippen LogP contribution is 2.47. The van der Waals surface area contributed by atoms with Crippen LogP contribution in [0.4, 0.5) is 0 Å². The normalized spacial score (nSPS) is 22.3. The predicted octanol–water partition coefficient (Wildman–Crippen LogP) is 3.46. The van der Waals surface area contributed by atoms with E-state index in [0.29, 0.717) is 5.92 Å². The molecule has 1 fully saturated rings. The molecule has 1 saturated carbocycles. The molecule has 96 valence electrons. The van der Waals surface area contributed by atoms with Gasteiger partial charge in [0.25, 0.3) is 0 Å². The highest BCUT2D eigenvalue weighted by molar-refractivity contribution is 7.11. The van der Waals surface area contributed by atoms with Crippen LogP contribution in [0.1, 0.15) is 40.7 Å². The van der Waals surface area contributed by atoms with Gasteiger partial charge in [0.15, 0.2) is 0 Å². The Morgan fingerprint density at radius 3 is 2.94 bits per heavy atom. The minimum atomic E-state index is 0.669. The Morgan fingerprint density at radius 1 is 1.44 bits per heavy atom. The maximum Gasteiger partial charge on any atom is 0.117 e. The molecule has 1 aliphatic carbocycles. The molecule has 2 heterocycles. The molecule has 2 aromatic heterocycles. The van der Waals surface area contributed by atoms with E-state index in [0.717, 1.165) is 35.5 Å². The minimum Gasteiger partial charge on any atom is -0.464 e. The van der Waals surface area contributed by atoms with Gasteiger partial charge in [-0.2, -0.15) is 0 Å². The fourth-order valence-corrected chi connectivity index (χ4v) is 2.97. The highest BCUT2D eigenvalue weighted by Gasteiger charge is 2.36. The Hall–Kier alpha value is -1.13. The first-order valence-corrected chi connectivity index (χ1v) is 7.24. The summed E-state index contributed by atoms with van der Waals surface area (Å²) >= 11 is 1.74. The Labute approximate surface area is 111 Å². The molecule has 2 atom stereocenters. The fraction of sp³-hybridized carbons (Fsp3) is 0.500. The lowest BCUT2D eigenvalue weighted by molar-refractivity contribution is 0.444. The Bertz CT molecular complexity index is 531. The number of hydrogen-bond donors (Lipinski definition) is 1. The van der Waals surface area contributed by atoms with Crippen molar-refractivity contribution in [3.05, 3.63) is 39.7 Å². The molecular formula is C14H18N2OS. The van der Waals surface area contributed by atoms with Crippen molar-refractivity contribution in [2.45, 2.75) is 39.3 Å². The van der Waals surface area contributed by atoms with Crippen molar-refractivity contribution >= 4 is 11.3 Å². The second kappa shape index (κ2) is 4.86. The predicted molar refractivity (Wildman–Crippen MR) is 72.6 cm³/mol. The van der Waals surface area contributed by atoms with Crippen LogP contribution in [-0.2, 0) is 13.1 Å². The minimum absolute atomic E-state index is 0.669. The molecule has 0 bridgehead atoms. The van der Waals surface area contributed by atoms with Gasteiger partial charge in [-0.1, -0.05) is 6.92 Å². The average molecular weight is 262 g/mol. The van der Waals surface area contributed by atoms with Gasteiger partial charge in [0.1, 0.15) is 11.5 Å². The number of nitrogens with zero attached hydrogens (tertiary/aromatic N) is 1. The first-order valence-electron chi connectivity index (χ1n) is 6.43. The van der Waals surface area contributed by atoms with Gasteiger partial charge < -0.3 is 9.73 Å². The summed E-state index contributed by atoms with van der Waals surface area (Å²) in [5.41, 5.74) is 0. The van der Waals surface area contributed by atoms with E-state index in [9.17, 15) is 0 Å². The van der Waals surface area contributed by atoms with Crippen LogP contribution in [0.25, 0.3) is 0 Å². The molecule has 0 aliphatic heterocycles. The van der Waals surface area contributed by atoms with E-state index in [1.807, 2.05) is 13.1 Å². The number of hydrogen-bond acceptors (Lipinski definition) is 4. The third-order valence-electron chi connectivity index (χ3n) is 3.42. The van der Waals surface area contributed by atoms with Gasteiger partial charge in [0, 0.05) is 23.5 Å². The smallest absolute Gasteiger partial charge is 0.117 e. The summed E-state index contributed by atoms with van der Waals surface area (Å²) in [7, 11) is 0. The number of nitrogens with one attached hydrogen (secondary N) is 1. The standard InChI is InChI=1S/C14H18N2OS/c1-9-5-13(9)14-4-3-11(17-14)6-15-7-12-8-16-10(2)18-12/h3-4,8-9,13,15H,5-7H2,1-2H3. The highest BCUT2D eigenvalue weighted by atomic mass is 32.1. The van der Waals surface area contributed by atoms with Crippen molar-refractivity contribution in [3.63, 3.8) is 0 Å². The SMILES string of the molecule is Cc1ncc(CNCc2ccc(C3CC3C)o2)s1. The summed E-state index contributed by atoms with van der Waals surface area (Å²) in [6.07, 6.45) is 3.22. The van der Waals surface area contributed by atoms with Crippen molar-refractivity contribution in [1.82, 2.24) is 10.3 Å². The lowest BCUT2D eigenvalue weighted by Gasteiger charge is -1.99.